The number of rotatable bonds is 5. The molecule has 1 aliphatic rings. The third kappa shape index (κ3) is 4.09. The Kier molecular flexibility index (Phi) is 5.30. The molecule has 0 atom stereocenters. The van der Waals surface area contributed by atoms with E-state index in [1.807, 2.05) is 24.3 Å². The SMILES string of the molecule is COc1ccc2ccc(O)c(C[NH+]3CCC(Cc4ccccc4)CC3)c2c1. The Balaban J connectivity index is 1.45. The lowest BCUT2D eigenvalue weighted by atomic mass is 9.90. The van der Waals surface area contributed by atoms with E-state index in [4.69, 9.17) is 4.74 Å². The molecule has 0 spiro atoms. The smallest absolute Gasteiger partial charge is 0.125 e. The highest BCUT2D eigenvalue weighted by atomic mass is 16.5. The van der Waals surface area contributed by atoms with Crippen LogP contribution in [-0.4, -0.2) is 25.3 Å². The summed E-state index contributed by atoms with van der Waals surface area (Å²) in [5.74, 6) is 2.01. The molecule has 27 heavy (non-hydrogen) atoms. The summed E-state index contributed by atoms with van der Waals surface area (Å²) in [5.41, 5.74) is 2.49. The molecular formula is C24H28NO2+. The zero-order chi connectivity index (χ0) is 18.6. The zero-order valence-corrected chi connectivity index (χ0v) is 15.9. The summed E-state index contributed by atoms with van der Waals surface area (Å²) in [7, 11) is 1.69. The molecule has 0 amide bonds. The van der Waals surface area contributed by atoms with Crippen molar-refractivity contribution in [2.45, 2.75) is 25.8 Å². The molecule has 1 fully saturated rings. The monoisotopic (exact) mass is 362 g/mol. The van der Waals surface area contributed by atoms with Crippen molar-refractivity contribution in [3.8, 4) is 11.5 Å². The number of aromatic hydroxyl groups is 1. The summed E-state index contributed by atoms with van der Waals surface area (Å²) in [4.78, 5) is 1.56. The van der Waals surface area contributed by atoms with Crippen molar-refractivity contribution in [3.05, 3.63) is 71.8 Å². The number of hydrogen-bond acceptors (Lipinski definition) is 2. The highest BCUT2D eigenvalue weighted by Gasteiger charge is 2.24. The third-order valence-corrected chi connectivity index (χ3v) is 5.92. The summed E-state index contributed by atoms with van der Waals surface area (Å²) in [6.07, 6.45) is 3.68. The van der Waals surface area contributed by atoms with Crippen LogP contribution in [-0.2, 0) is 13.0 Å². The number of quaternary nitrogens is 1. The van der Waals surface area contributed by atoms with Crippen molar-refractivity contribution in [3.63, 3.8) is 0 Å². The minimum absolute atomic E-state index is 0.398. The first-order valence-electron chi connectivity index (χ1n) is 9.89. The molecule has 3 aromatic carbocycles. The van der Waals surface area contributed by atoms with E-state index in [0.29, 0.717) is 5.75 Å². The number of phenolic OH excluding ortho intramolecular Hbond substituents is 1. The third-order valence-electron chi connectivity index (χ3n) is 5.92. The molecule has 0 radical (unpaired) electrons. The highest BCUT2D eigenvalue weighted by molar-refractivity contribution is 5.88. The maximum absolute atomic E-state index is 10.5. The van der Waals surface area contributed by atoms with Gasteiger partial charge in [0.05, 0.1) is 25.8 Å². The van der Waals surface area contributed by atoms with Crippen molar-refractivity contribution in [2.75, 3.05) is 20.2 Å². The number of likely N-dealkylation sites (tertiary alicyclic amines) is 1. The maximum atomic E-state index is 10.5. The Morgan fingerprint density at radius 1 is 1.00 bits per heavy atom. The predicted molar refractivity (Wildman–Crippen MR) is 109 cm³/mol. The van der Waals surface area contributed by atoms with E-state index in [-0.39, 0.29) is 0 Å². The van der Waals surface area contributed by atoms with Gasteiger partial charge in [-0.05, 0) is 59.7 Å². The van der Waals surface area contributed by atoms with Crippen molar-refractivity contribution >= 4 is 10.8 Å². The molecular weight excluding hydrogens is 334 g/mol. The minimum Gasteiger partial charge on any atom is -0.507 e. The Bertz CT molecular complexity index is 899. The van der Waals surface area contributed by atoms with E-state index < -0.39 is 0 Å². The van der Waals surface area contributed by atoms with E-state index in [1.54, 1.807) is 12.0 Å². The normalized spacial score (nSPS) is 19.9. The van der Waals surface area contributed by atoms with Crippen LogP contribution in [0.5, 0.6) is 11.5 Å². The molecule has 140 valence electrons. The van der Waals surface area contributed by atoms with Crippen LogP contribution in [0.1, 0.15) is 24.0 Å². The molecule has 0 saturated carbocycles. The number of hydrogen-bond donors (Lipinski definition) is 2. The molecule has 3 nitrogen and oxygen atoms in total. The summed E-state index contributed by atoms with van der Waals surface area (Å²) in [5, 5.41) is 12.8. The second kappa shape index (κ2) is 8.01. The Labute approximate surface area is 161 Å². The molecule has 1 heterocycles. The molecule has 0 aliphatic carbocycles. The molecule has 1 aliphatic heterocycles. The van der Waals surface area contributed by atoms with Gasteiger partial charge in [-0.15, -0.1) is 0 Å². The molecule has 0 unspecified atom stereocenters. The number of fused-ring (bicyclic) bond motifs is 1. The van der Waals surface area contributed by atoms with Crippen molar-refractivity contribution < 1.29 is 14.7 Å². The van der Waals surface area contributed by atoms with E-state index in [9.17, 15) is 5.11 Å². The van der Waals surface area contributed by atoms with Gasteiger partial charge in [0, 0.05) is 0 Å². The lowest BCUT2D eigenvalue weighted by Crippen LogP contribution is -3.11. The largest absolute Gasteiger partial charge is 0.507 e. The average Bonchev–Trinajstić information content (AvgIpc) is 2.72. The van der Waals surface area contributed by atoms with Crippen LogP contribution in [0.25, 0.3) is 10.8 Å². The zero-order valence-electron chi connectivity index (χ0n) is 15.9. The Hall–Kier alpha value is -2.52. The summed E-state index contributed by atoms with van der Waals surface area (Å²) in [6, 6.07) is 20.7. The van der Waals surface area contributed by atoms with Gasteiger partial charge < -0.3 is 14.7 Å². The summed E-state index contributed by atoms with van der Waals surface area (Å²) in [6.45, 7) is 3.20. The predicted octanol–water partition coefficient (Wildman–Crippen LogP) is 3.59. The lowest BCUT2D eigenvalue weighted by Gasteiger charge is -2.30. The van der Waals surface area contributed by atoms with Gasteiger partial charge in [-0.25, -0.2) is 0 Å². The van der Waals surface area contributed by atoms with Crippen LogP contribution in [0.4, 0.5) is 0 Å². The minimum atomic E-state index is 0.398. The molecule has 4 rings (SSSR count). The van der Waals surface area contributed by atoms with Gasteiger partial charge >= 0.3 is 0 Å². The van der Waals surface area contributed by atoms with Crippen LogP contribution < -0.4 is 9.64 Å². The molecule has 2 N–H and O–H groups in total. The Morgan fingerprint density at radius 2 is 1.74 bits per heavy atom. The number of benzene rings is 3. The first kappa shape index (κ1) is 17.9. The van der Waals surface area contributed by atoms with E-state index in [0.717, 1.165) is 47.6 Å². The second-order valence-electron chi connectivity index (χ2n) is 7.71. The Morgan fingerprint density at radius 3 is 2.48 bits per heavy atom. The van der Waals surface area contributed by atoms with Crippen LogP contribution in [0.3, 0.4) is 0 Å². The van der Waals surface area contributed by atoms with Crippen molar-refractivity contribution in [1.29, 1.82) is 0 Å². The topological polar surface area (TPSA) is 33.9 Å². The molecule has 3 aromatic rings. The fraction of sp³-hybridized carbons (Fsp3) is 0.333. The summed E-state index contributed by atoms with van der Waals surface area (Å²) < 4.78 is 5.39. The highest BCUT2D eigenvalue weighted by Crippen LogP contribution is 2.30. The molecule has 0 aromatic heterocycles. The van der Waals surface area contributed by atoms with Gasteiger partial charge in [0.1, 0.15) is 18.0 Å². The van der Waals surface area contributed by atoms with Gasteiger partial charge in [0.15, 0.2) is 0 Å². The van der Waals surface area contributed by atoms with Crippen LogP contribution >= 0.6 is 0 Å². The quantitative estimate of drug-likeness (QED) is 0.727. The van der Waals surface area contributed by atoms with Gasteiger partial charge in [-0.2, -0.15) is 0 Å². The van der Waals surface area contributed by atoms with Crippen LogP contribution in [0, 0.1) is 5.92 Å². The van der Waals surface area contributed by atoms with Crippen LogP contribution in [0.2, 0.25) is 0 Å². The number of ether oxygens (including phenoxy) is 1. The average molecular weight is 362 g/mol. The summed E-state index contributed by atoms with van der Waals surface area (Å²) >= 11 is 0. The second-order valence-corrected chi connectivity index (χ2v) is 7.71. The number of piperidine rings is 1. The molecule has 0 bridgehead atoms. The van der Waals surface area contributed by atoms with Crippen molar-refractivity contribution in [1.82, 2.24) is 0 Å². The number of phenols is 1. The maximum Gasteiger partial charge on any atom is 0.125 e. The van der Waals surface area contributed by atoms with E-state index in [2.05, 4.69) is 36.4 Å². The fourth-order valence-electron chi connectivity index (χ4n) is 4.33. The van der Waals surface area contributed by atoms with Gasteiger partial charge in [0.2, 0.25) is 0 Å². The number of methoxy groups -OCH3 is 1. The van der Waals surface area contributed by atoms with Gasteiger partial charge in [-0.3, -0.25) is 0 Å². The standard InChI is InChI=1S/C24H27NO2/c1-27-21-9-7-20-8-10-24(26)23(22(20)16-21)17-25-13-11-19(12-14-25)15-18-5-3-2-4-6-18/h2-10,16,19,26H,11-15,17H2,1H3/p+1. The van der Waals surface area contributed by atoms with Gasteiger partial charge in [0.25, 0.3) is 0 Å². The van der Waals surface area contributed by atoms with E-state index in [1.165, 1.54) is 24.8 Å². The fourth-order valence-corrected chi connectivity index (χ4v) is 4.33. The molecule has 1 saturated heterocycles. The van der Waals surface area contributed by atoms with Crippen molar-refractivity contribution in [2.24, 2.45) is 5.92 Å². The van der Waals surface area contributed by atoms with Crippen LogP contribution in [0.15, 0.2) is 60.7 Å². The molecule has 3 heteroatoms. The first-order chi connectivity index (χ1) is 13.2. The first-order valence-corrected chi connectivity index (χ1v) is 9.89. The lowest BCUT2D eigenvalue weighted by molar-refractivity contribution is -0.919. The van der Waals surface area contributed by atoms with E-state index >= 15 is 0 Å². The number of nitrogens with one attached hydrogen (secondary N) is 1. The van der Waals surface area contributed by atoms with Gasteiger partial charge in [-0.1, -0.05) is 42.5 Å².